The lowest BCUT2D eigenvalue weighted by atomic mass is 9.82. The molecule has 0 saturated carbocycles. The summed E-state index contributed by atoms with van der Waals surface area (Å²) in [7, 11) is 1.33. The zero-order valence-electron chi connectivity index (χ0n) is 26.8. The van der Waals surface area contributed by atoms with E-state index >= 15 is 0 Å². The molecule has 0 spiro atoms. The molecular weight excluding hydrogens is 532 g/mol. The van der Waals surface area contributed by atoms with Crippen LogP contribution in [0.3, 0.4) is 0 Å². The lowest BCUT2D eigenvalue weighted by Gasteiger charge is -2.39. The van der Waals surface area contributed by atoms with E-state index in [9.17, 15) is 14.4 Å². The second-order valence-corrected chi connectivity index (χ2v) is 12.7. The molecule has 230 valence electrons. The highest BCUT2D eigenvalue weighted by molar-refractivity contribution is 6.33. The van der Waals surface area contributed by atoms with E-state index < -0.39 is 28.7 Å². The topological polar surface area (TPSA) is 88.1 Å². The summed E-state index contributed by atoms with van der Waals surface area (Å²) in [5, 5.41) is 0. The number of benzene rings is 1. The lowest BCUT2D eigenvalue weighted by Crippen LogP contribution is -2.49. The number of hydrogen-bond acceptors (Lipinski definition) is 7. The minimum atomic E-state index is -0.839. The van der Waals surface area contributed by atoms with Crippen LogP contribution >= 0.6 is 11.6 Å². The van der Waals surface area contributed by atoms with Gasteiger partial charge in [-0.3, -0.25) is 14.4 Å². The van der Waals surface area contributed by atoms with Crippen molar-refractivity contribution in [1.29, 1.82) is 0 Å². The van der Waals surface area contributed by atoms with E-state index in [0.717, 1.165) is 0 Å². The molecule has 1 heterocycles. The number of alkyl halides is 1. The molecule has 7 nitrogen and oxygen atoms in total. The van der Waals surface area contributed by atoms with Crippen molar-refractivity contribution in [3.63, 3.8) is 0 Å². The maximum absolute atomic E-state index is 12.1. The summed E-state index contributed by atoms with van der Waals surface area (Å²) in [4.78, 5) is 33.2. The standard InChI is InChI=1S/C15H26O5.C11H16.C6H11ClO2/c1-7-15(5,6)14(17)20-13-12(19-11(4)16)10(3)9(2)8-18-13;1-4-11(2,3)10-8-6-5-7-9-10;1-4-6(2,7)5(8)9-3/h9-10,12-13H,7-8H2,1-6H3;5-9H,4H2,1-3H3;4H2,1-3H3. The Balaban J connectivity index is 0.000000639. The summed E-state index contributed by atoms with van der Waals surface area (Å²) in [5.41, 5.74) is 1.19. The number of methoxy groups -OCH3 is 1. The Labute approximate surface area is 247 Å². The van der Waals surface area contributed by atoms with Crippen LogP contribution in [0.1, 0.15) is 101 Å². The summed E-state index contributed by atoms with van der Waals surface area (Å²) < 4.78 is 20.7. The third kappa shape index (κ3) is 12.2. The molecule has 0 bridgehead atoms. The van der Waals surface area contributed by atoms with E-state index in [2.05, 4.69) is 55.8 Å². The number of esters is 3. The van der Waals surface area contributed by atoms with Crippen molar-refractivity contribution in [2.45, 2.75) is 118 Å². The average Bonchev–Trinajstić information content (AvgIpc) is 2.93. The Morgan fingerprint density at radius 3 is 1.85 bits per heavy atom. The third-order valence-corrected chi connectivity index (χ3v) is 8.30. The first kappa shape index (κ1) is 37.9. The molecule has 5 unspecified atom stereocenters. The van der Waals surface area contributed by atoms with Crippen LogP contribution in [0.2, 0.25) is 0 Å². The predicted molar refractivity (Wildman–Crippen MR) is 160 cm³/mol. The summed E-state index contributed by atoms with van der Waals surface area (Å²) in [6.45, 7) is 21.7. The van der Waals surface area contributed by atoms with Crippen molar-refractivity contribution in [2.24, 2.45) is 17.3 Å². The molecule has 40 heavy (non-hydrogen) atoms. The highest BCUT2D eigenvalue weighted by Crippen LogP contribution is 2.31. The normalized spacial score (nSPS) is 22.2. The summed E-state index contributed by atoms with van der Waals surface area (Å²) in [5.74, 6) is -0.769. The van der Waals surface area contributed by atoms with E-state index in [4.69, 9.17) is 25.8 Å². The van der Waals surface area contributed by atoms with E-state index in [1.807, 2.05) is 41.5 Å². The first-order chi connectivity index (χ1) is 18.4. The van der Waals surface area contributed by atoms with Crippen LogP contribution < -0.4 is 0 Å². The van der Waals surface area contributed by atoms with Gasteiger partial charge in [-0.05, 0) is 56.9 Å². The van der Waals surface area contributed by atoms with Crippen molar-refractivity contribution in [3.8, 4) is 0 Å². The van der Waals surface area contributed by atoms with Gasteiger partial charge in [0.25, 0.3) is 0 Å². The summed E-state index contributed by atoms with van der Waals surface area (Å²) in [6.07, 6.45) is 1.08. The summed E-state index contributed by atoms with van der Waals surface area (Å²) >= 11 is 5.70. The fourth-order valence-electron chi connectivity index (χ4n) is 3.38. The van der Waals surface area contributed by atoms with Gasteiger partial charge < -0.3 is 18.9 Å². The quantitative estimate of drug-likeness (QED) is 0.178. The maximum atomic E-state index is 12.1. The van der Waals surface area contributed by atoms with Crippen molar-refractivity contribution in [3.05, 3.63) is 35.9 Å². The van der Waals surface area contributed by atoms with E-state index in [0.29, 0.717) is 24.9 Å². The van der Waals surface area contributed by atoms with Crippen LogP contribution in [0.25, 0.3) is 0 Å². The van der Waals surface area contributed by atoms with Crippen LogP contribution in [-0.4, -0.2) is 48.9 Å². The molecule has 1 aliphatic heterocycles. The monoisotopic (exact) mass is 584 g/mol. The van der Waals surface area contributed by atoms with Crippen molar-refractivity contribution < 1.29 is 33.3 Å². The minimum absolute atomic E-state index is 0.0789. The van der Waals surface area contributed by atoms with Gasteiger partial charge in [0.1, 0.15) is 4.87 Å². The first-order valence-electron chi connectivity index (χ1n) is 14.2. The highest BCUT2D eigenvalue weighted by atomic mass is 35.5. The summed E-state index contributed by atoms with van der Waals surface area (Å²) in [6, 6.07) is 10.7. The van der Waals surface area contributed by atoms with Gasteiger partial charge in [0, 0.05) is 12.8 Å². The number of rotatable bonds is 8. The molecule has 2 rings (SSSR count). The van der Waals surface area contributed by atoms with Crippen LogP contribution in [0, 0.1) is 17.3 Å². The largest absolute Gasteiger partial charge is 0.468 e. The predicted octanol–water partition coefficient (Wildman–Crippen LogP) is 7.47. The smallest absolute Gasteiger partial charge is 0.326 e. The van der Waals surface area contributed by atoms with Gasteiger partial charge in [0.05, 0.1) is 19.1 Å². The van der Waals surface area contributed by atoms with Gasteiger partial charge in [-0.15, -0.1) is 11.6 Å². The number of hydrogen-bond donors (Lipinski definition) is 0. The minimum Gasteiger partial charge on any atom is -0.468 e. The number of ether oxygens (including phenoxy) is 4. The molecule has 1 aliphatic rings. The van der Waals surface area contributed by atoms with Crippen molar-refractivity contribution in [2.75, 3.05) is 13.7 Å². The molecule has 1 saturated heterocycles. The number of halogens is 1. The van der Waals surface area contributed by atoms with Gasteiger partial charge in [-0.1, -0.05) is 78.8 Å². The molecule has 0 amide bonds. The number of carbonyl (C=O) groups is 3. The SMILES string of the molecule is CCC(C)(C)C(=O)OC1OCC(C)C(C)C1OC(C)=O.CCC(C)(C)c1ccccc1.CCC(C)(Cl)C(=O)OC. The second-order valence-electron chi connectivity index (χ2n) is 11.9. The molecule has 0 N–H and O–H groups in total. The average molecular weight is 585 g/mol. The van der Waals surface area contributed by atoms with Gasteiger partial charge in [-0.25, -0.2) is 0 Å². The van der Waals surface area contributed by atoms with Crippen LogP contribution in [-0.2, 0) is 38.7 Å². The van der Waals surface area contributed by atoms with Gasteiger partial charge in [-0.2, -0.15) is 0 Å². The molecule has 8 heteroatoms. The molecule has 0 aliphatic carbocycles. The molecule has 1 fully saturated rings. The second kappa shape index (κ2) is 17.0. The first-order valence-corrected chi connectivity index (χ1v) is 14.6. The van der Waals surface area contributed by atoms with E-state index in [1.54, 1.807) is 6.92 Å². The molecule has 0 aromatic heterocycles. The Kier molecular flexibility index (Phi) is 16.1. The Morgan fingerprint density at radius 1 is 0.900 bits per heavy atom. The Hall–Kier alpha value is -2.12. The van der Waals surface area contributed by atoms with Crippen LogP contribution in [0.4, 0.5) is 0 Å². The lowest BCUT2D eigenvalue weighted by molar-refractivity contribution is -0.249. The highest BCUT2D eigenvalue weighted by Gasteiger charge is 2.42. The molecule has 1 aromatic rings. The number of carbonyl (C=O) groups excluding carboxylic acids is 3. The molecular formula is C32H53ClO7. The van der Waals surface area contributed by atoms with Gasteiger partial charge in [0.15, 0.2) is 6.10 Å². The fraction of sp³-hybridized carbons (Fsp3) is 0.719. The van der Waals surface area contributed by atoms with E-state index in [1.165, 1.54) is 26.0 Å². The van der Waals surface area contributed by atoms with Gasteiger partial charge in [0.2, 0.25) is 6.29 Å². The van der Waals surface area contributed by atoms with Gasteiger partial charge >= 0.3 is 17.9 Å². The zero-order valence-corrected chi connectivity index (χ0v) is 27.5. The van der Waals surface area contributed by atoms with Crippen LogP contribution in [0.5, 0.6) is 0 Å². The maximum Gasteiger partial charge on any atom is 0.326 e. The zero-order chi connectivity index (χ0) is 31.3. The van der Waals surface area contributed by atoms with E-state index in [-0.39, 0.29) is 23.8 Å². The Morgan fingerprint density at radius 2 is 1.45 bits per heavy atom. The molecule has 1 aromatic carbocycles. The fourth-order valence-corrected chi connectivity index (χ4v) is 3.46. The van der Waals surface area contributed by atoms with Crippen molar-refractivity contribution >= 4 is 29.5 Å². The molecule has 5 atom stereocenters. The molecule has 0 radical (unpaired) electrons. The third-order valence-electron chi connectivity index (χ3n) is 7.88. The van der Waals surface area contributed by atoms with Crippen molar-refractivity contribution in [1.82, 2.24) is 0 Å². The Bertz CT molecular complexity index is 911. The van der Waals surface area contributed by atoms with Crippen LogP contribution in [0.15, 0.2) is 30.3 Å².